The predicted molar refractivity (Wildman–Crippen MR) is 93.5 cm³/mol. The van der Waals surface area contributed by atoms with Crippen molar-refractivity contribution < 1.29 is 18.9 Å². The van der Waals surface area contributed by atoms with Gasteiger partial charge in [-0.05, 0) is 53.4 Å². The normalized spacial score (nSPS) is 9.91. The summed E-state index contributed by atoms with van der Waals surface area (Å²) in [7, 11) is 8.35. The first-order chi connectivity index (χ1) is 9.88. The van der Waals surface area contributed by atoms with E-state index in [9.17, 15) is 0 Å². The van der Waals surface area contributed by atoms with Crippen LogP contribution in [0.25, 0.3) is 0 Å². The Morgan fingerprint density at radius 2 is 1.05 bits per heavy atom. The minimum atomic E-state index is 0. The Morgan fingerprint density at radius 3 is 1.36 bits per heavy atom. The maximum atomic E-state index is 2.28. The molecular formula is C19H25LiN2. The van der Waals surface area contributed by atoms with Crippen LogP contribution in [0.5, 0.6) is 0 Å². The van der Waals surface area contributed by atoms with Gasteiger partial charge in [0.05, 0.1) is 0 Å². The monoisotopic (exact) mass is 288 g/mol. The average Bonchev–Trinajstić information content (AvgIpc) is 2.38. The Bertz CT molecular complexity index is 578. The van der Waals surface area contributed by atoms with Crippen LogP contribution in [0.15, 0.2) is 36.4 Å². The van der Waals surface area contributed by atoms with Gasteiger partial charge in [-0.15, -0.1) is 29.7 Å². The van der Waals surface area contributed by atoms with E-state index in [4.69, 9.17) is 0 Å². The molecule has 2 rings (SSSR count). The molecule has 0 bridgehead atoms. The van der Waals surface area contributed by atoms with E-state index in [-0.39, 0.29) is 18.9 Å². The second kappa shape index (κ2) is 7.67. The molecule has 2 nitrogen and oxygen atoms in total. The number of nitrogens with zero attached hydrogens (tertiary/aromatic N) is 2. The van der Waals surface area contributed by atoms with E-state index in [1.54, 1.807) is 0 Å². The number of hydrogen-bond donors (Lipinski definition) is 0. The molecule has 0 aliphatic rings. The third-order valence-corrected chi connectivity index (χ3v) is 3.64. The van der Waals surface area contributed by atoms with Gasteiger partial charge in [0.1, 0.15) is 0 Å². The number of aryl methyl sites for hydroxylation is 2. The SMILES string of the molecule is Cc1ccc(N(C)C)c([CH-]c2cc(C)ccc2N(C)C)c1.[Li+]. The summed E-state index contributed by atoms with van der Waals surface area (Å²) in [5.74, 6) is 0. The summed E-state index contributed by atoms with van der Waals surface area (Å²) >= 11 is 0. The Balaban J connectivity index is 0.00000242. The Kier molecular flexibility index (Phi) is 6.47. The van der Waals surface area contributed by atoms with E-state index in [0.29, 0.717) is 0 Å². The van der Waals surface area contributed by atoms with Crippen molar-refractivity contribution in [2.24, 2.45) is 0 Å². The zero-order chi connectivity index (χ0) is 15.6. The van der Waals surface area contributed by atoms with Crippen LogP contribution in [0.2, 0.25) is 0 Å². The van der Waals surface area contributed by atoms with Crippen molar-refractivity contribution in [3.63, 3.8) is 0 Å². The fourth-order valence-corrected chi connectivity index (χ4v) is 2.56. The quantitative estimate of drug-likeness (QED) is 0.613. The van der Waals surface area contributed by atoms with Crippen LogP contribution in [-0.4, -0.2) is 28.2 Å². The molecule has 0 N–H and O–H groups in total. The van der Waals surface area contributed by atoms with E-state index in [1.165, 1.54) is 33.6 Å². The van der Waals surface area contributed by atoms with Crippen LogP contribution in [0.3, 0.4) is 0 Å². The Labute approximate surface area is 147 Å². The predicted octanol–water partition coefficient (Wildman–Crippen LogP) is 1.04. The summed E-state index contributed by atoms with van der Waals surface area (Å²) in [6.45, 7) is 4.28. The molecule has 2 aromatic carbocycles. The summed E-state index contributed by atoms with van der Waals surface area (Å²) in [6, 6.07) is 13.2. The molecule has 3 heteroatoms. The molecule has 2 aromatic rings. The molecule has 0 heterocycles. The van der Waals surface area contributed by atoms with Gasteiger partial charge < -0.3 is 9.80 Å². The summed E-state index contributed by atoms with van der Waals surface area (Å²) in [4.78, 5) is 4.33. The minimum absolute atomic E-state index is 0. The molecule has 0 aromatic heterocycles. The van der Waals surface area contributed by atoms with Crippen LogP contribution in [-0.2, 0) is 0 Å². The zero-order valence-corrected chi connectivity index (χ0v) is 14.9. The van der Waals surface area contributed by atoms with Crippen LogP contribution < -0.4 is 28.7 Å². The van der Waals surface area contributed by atoms with Crippen molar-refractivity contribution in [1.82, 2.24) is 0 Å². The number of anilines is 2. The molecule has 0 aliphatic carbocycles. The summed E-state index contributed by atoms with van der Waals surface area (Å²) in [5.41, 5.74) is 7.57. The van der Waals surface area contributed by atoms with Gasteiger partial charge in [-0.3, -0.25) is 0 Å². The third kappa shape index (κ3) is 4.26. The fourth-order valence-electron chi connectivity index (χ4n) is 2.56. The summed E-state index contributed by atoms with van der Waals surface area (Å²) in [5, 5.41) is 0. The van der Waals surface area contributed by atoms with Crippen molar-refractivity contribution in [2.45, 2.75) is 13.8 Å². The first kappa shape index (κ1) is 18.6. The van der Waals surface area contributed by atoms with Crippen LogP contribution in [0, 0.1) is 20.3 Å². The van der Waals surface area contributed by atoms with E-state index in [2.05, 4.69) is 94.7 Å². The molecule has 0 saturated heterocycles. The van der Waals surface area contributed by atoms with Crippen molar-refractivity contribution in [2.75, 3.05) is 38.0 Å². The molecule has 0 atom stereocenters. The number of hydrogen-bond acceptors (Lipinski definition) is 2. The Hall–Kier alpha value is -1.49. The molecule has 0 amide bonds. The summed E-state index contributed by atoms with van der Waals surface area (Å²) < 4.78 is 0. The fraction of sp³-hybridized carbons (Fsp3) is 0.316. The average molecular weight is 288 g/mol. The van der Waals surface area contributed by atoms with Gasteiger partial charge in [0.2, 0.25) is 0 Å². The molecule has 0 unspecified atom stereocenters. The van der Waals surface area contributed by atoms with Crippen LogP contribution in [0.4, 0.5) is 11.4 Å². The standard InChI is InChI=1S/C19H25N2.Li/c1-14-7-9-18(20(3)4)16(11-14)13-17-12-15(2)8-10-19(17)21(5)6;/h7-13H,1-6H3;/q-1;+1. The zero-order valence-electron chi connectivity index (χ0n) is 14.9. The van der Waals surface area contributed by atoms with E-state index >= 15 is 0 Å². The second-order valence-corrected chi connectivity index (χ2v) is 6.06. The maximum Gasteiger partial charge on any atom is 1.00 e. The first-order valence-corrected chi connectivity index (χ1v) is 7.29. The minimum Gasteiger partial charge on any atom is -0.408 e. The first-order valence-electron chi connectivity index (χ1n) is 7.29. The molecule has 0 spiro atoms. The van der Waals surface area contributed by atoms with Gasteiger partial charge in [-0.2, -0.15) is 0 Å². The molecular weight excluding hydrogens is 263 g/mol. The van der Waals surface area contributed by atoms with Crippen LogP contribution in [0.1, 0.15) is 22.3 Å². The molecule has 112 valence electrons. The maximum absolute atomic E-state index is 2.28. The molecule has 0 saturated carbocycles. The van der Waals surface area contributed by atoms with Crippen molar-refractivity contribution in [3.05, 3.63) is 65.1 Å². The van der Waals surface area contributed by atoms with Gasteiger partial charge >= 0.3 is 18.9 Å². The molecule has 22 heavy (non-hydrogen) atoms. The van der Waals surface area contributed by atoms with Crippen LogP contribution >= 0.6 is 0 Å². The van der Waals surface area contributed by atoms with Gasteiger partial charge in [0, 0.05) is 0 Å². The van der Waals surface area contributed by atoms with E-state index < -0.39 is 0 Å². The molecule has 0 aliphatic heterocycles. The van der Waals surface area contributed by atoms with E-state index in [0.717, 1.165) is 0 Å². The van der Waals surface area contributed by atoms with Crippen molar-refractivity contribution >= 4 is 11.4 Å². The van der Waals surface area contributed by atoms with Gasteiger partial charge in [-0.25, -0.2) is 0 Å². The van der Waals surface area contributed by atoms with Gasteiger partial charge in [0.25, 0.3) is 0 Å². The molecule has 0 radical (unpaired) electrons. The Morgan fingerprint density at radius 1 is 0.682 bits per heavy atom. The van der Waals surface area contributed by atoms with Gasteiger partial charge in [0.15, 0.2) is 0 Å². The second-order valence-electron chi connectivity index (χ2n) is 6.06. The molecule has 0 fully saturated rings. The van der Waals surface area contributed by atoms with Crippen molar-refractivity contribution in [1.29, 1.82) is 0 Å². The van der Waals surface area contributed by atoms with E-state index in [1.807, 2.05) is 0 Å². The topological polar surface area (TPSA) is 6.48 Å². The number of rotatable bonds is 4. The van der Waals surface area contributed by atoms with Crippen molar-refractivity contribution in [3.8, 4) is 0 Å². The van der Waals surface area contributed by atoms with Gasteiger partial charge in [-0.1, -0.05) is 35.4 Å². The summed E-state index contributed by atoms with van der Waals surface area (Å²) in [6.07, 6.45) is 2.28. The largest absolute Gasteiger partial charge is 1.00 e. The third-order valence-electron chi connectivity index (χ3n) is 3.64. The number of benzene rings is 2. The smallest absolute Gasteiger partial charge is 0.408 e.